The van der Waals surface area contributed by atoms with E-state index >= 15 is 0 Å². The van der Waals surface area contributed by atoms with Gasteiger partial charge in [0.15, 0.2) is 0 Å². The van der Waals surface area contributed by atoms with Crippen LogP contribution in [0.2, 0.25) is 0 Å². The highest BCUT2D eigenvalue weighted by atomic mass is 16.3. The molecule has 102 valence electrons. The van der Waals surface area contributed by atoms with Gasteiger partial charge in [-0.15, -0.1) is 0 Å². The van der Waals surface area contributed by atoms with Crippen molar-refractivity contribution in [1.82, 2.24) is 9.97 Å². The van der Waals surface area contributed by atoms with E-state index < -0.39 is 0 Å². The van der Waals surface area contributed by atoms with Crippen molar-refractivity contribution >= 4 is 11.6 Å². The molecule has 0 saturated carbocycles. The van der Waals surface area contributed by atoms with E-state index in [-0.39, 0.29) is 12.0 Å². The number of hydrogen-bond donors (Lipinski definition) is 3. The van der Waals surface area contributed by atoms with Gasteiger partial charge in [0.1, 0.15) is 17.5 Å². The lowest BCUT2D eigenvalue weighted by Gasteiger charge is -2.24. The zero-order valence-electron chi connectivity index (χ0n) is 11.7. The summed E-state index contributed by atoms with van der Waals surface area (Å²) in [6.45, 7) is 7.26. The molecule has 5 heteroatoms. The van der Waals surface area contributed by atoms with Crippen molar-refractivity contribution in [2.45, 2.75) is 33.6 Å². The quantitative estimate of drug-likeness (QED) is 0.691. The first-order chi connectivity index (χ1) is 8.50. The topological polar surface area (TPSA) is 70.1 Å². The van der Waals surface area contributed by atoms with Crippen LogP contribution in [-0.2, 0) is 6.42 Å². The van der Waals surface area contributed by atoms with E-state index in [1.807, 2.05) is 20.0 Å². The molecule has 0 amide bonds. The Morgan fingerprint density at radius 2 is 1.94 bits per heavy atom. The van der Waals surface area contributed by atoms with Crippen molar-refractivity contribution in [1.29, 1.82) is 0 Å². The Balaban J connectivity index is 2.72. The predicted octanol–water partition coefficient (Wildman–Crippen LogP) is 1.90. The Morgan fingerprint density at radius 1 is 1.28 bits per heavy atom. The molecule has 0 aliphatic carbocycles. The second kappa shape index (κ2) is 6.54. The lowest BCUT2D eigenvalue weighted by Crippen LogP contribution is -2.24. The highest BCUT2D eigenvalue weighted by Gasteiger charge is 2.17. The zero-order chi connectivity index (χ0) is 13.6. The summed E-state index contributed by atoms with van der Waals surface area (Å²) < 4.78 is 0. The Kier molecular flexibility index (Phi) is 5.34. The lowest BCUT2D eigenvalue weighted by atomic mass is 9.90. The number of nitrogens with one attached hydrogen (secondary N) is 2. The lowest BCUT2D eigenvalue weighted by molar-refractivity contribution is 0.220. The third-order valence-corrected chi connectivity index (χ3v) is 2.88. The fourth-order valence-corrected chi connectivity index (χ4v) is 1.59. The Morgan fingerprint density at radius 3 is 2.50 bits per heavy atom. The Hall–Kier alpha value is -1.36. The minimum Gasteiger partial charge on any atom is -0.396 e. The number of aliphatic hydroxyl groups is 1. The molecule has 0 aliphatic rings. The van der Waals surface area contributed by atoms with Crippen LogP contribution in [0.25, 0.3) is 0 Å². The normalized spacial score (nSPS) is 11.4. The van der Waals surface area contributed by atoms with Gasteiger partial charge in [0.2, 0.25) is 0 Å². The van der Waals surface area contributed by atoms with E-state index in [4.69, 9.17) is 5.11 Å². The molecule has 1 rings (SSSR count). The third-order valence-electron chi connectivity index (χ3n) is 2.88. The molecule has 5 nitrogen and oxygen atoms in total. The summed E-state index contributed by atoms with van der Waals surface area (Å²) in [6.07, 6.45) is 1.58. The van der Waals surface area contributed by atoms with Crippen molar-refractivity contribution in [3.63, 3.8) is 0 Å². The van der Waals surface area contributed by atoms with Crippen molar-refractivity contribution < 1.29 is 5.11 Å². The van der Waals surface area contributed by atoms with Gasteiger partial charge in [-0.2, -0.15) is 0 Å². The number of aryl methyl sites for hydroxylation is 1. The van der Waals surface area contributed by atoms with Crippen LogP contribution < -0.4 is 10.6 Å². The number of nitrogens with zero attached hydrogens (tertiary/aromatic N) is 2. The molecule has 1 heterocycles. The second-order valence-electron chi connectivity index (χ2n) is 5.15. The number of rotatable bonds is 7. The van der Waals surface area contributed by atoms with E-state index in [2.05, 4.69) is 34.4 Å². The number of anilines is 2. The summed E-state index contributed by atoms with van der Waals surface area (Å²) in [5, 5.41) is 15.4. The molecule has 0 spiro atoms. The van der Waals surface area contributed by atoms with Crippen molar-refractivity contribution in [2.75, 3.05) is 30.8 Å². The van der Waals surface area contributed by atoms with Gasteiger partial charge < -0.3 is 15.7 Å². The summed E-state index contributed by atoms with van der Waals surface area (Å²) in [5.74, 6) is 2.48. The molecule has 3 N–H and O–H groups in total. The first-order valence-electron chi connectivity index (χ1n) is 6.41. The van der Waals surface area contributed by atoms with Crippen LogP contribution in [0.15, 0.2) is 6.07 Å². The molecule has 0 radical (unpaired) electrons. The molecule has 18 heavy (non-hydrogen) atoms. The van der Waals surface area contributed by atoms with E-state index in [0.717, 1.165) is 36.8 Å². The highest BCUT2D eigenvalue weighted by Crippen LogP contribution is 2.21. The molecule has 0 fully saturated rings. The Bertz CT molecular complexity index is 357. The van der Waals surface area contributed by atoms with E-state index in [9.17, 15) is 0 Å². The standard InChI is InChI=1S/C13H24N4O/c1-5-10-16-11(14-4)8-12(17-10)15-9-13(2,3)6-7-18/h8,18H,5-7,9H2,1-4H3,(H2,14,15,16,17). The largest absolute Gasteiger partial charge is 0.396 e. The monoisotopic (exact) mass is 252 g/mol. The molecule has 0 aromatic carbocycles. The summed E-state index contributed by atoms with van der Waals surface area (Å²) in [5.41, 5.74) is 0.0475. The van der Waals surface area contributed by atoms with Gasteiger partial charge in [0.05, 0.1) is 0 Å². The van der Waals surface area contributed by atoms with Crippen molar-refractivity contribution in [3.05, 3.63) is 11.9 Å². The third kappa shape index (κ3) is 4.49. The summed E-state index contributed by atoms with van der Waals surface area (Å²) in [6, 6.07) is 1.90. The SMILES string of the molecule is CCc1nc(NC)cc(NCC(C)(C)CCO)n1. The van der Waals surface area contributed by atoms with Crippen LogP contribution in [0.1, 0.15) is 33.0 Å². The summed E-state index contributed by atoms with van der Waals surface area (Å²) in [4.78, 5) is 8.79. The summed E-state index contributed by atoms with van der Waals surface area (Å²) in [7, 11) is 1.85. The van der Waals surface area contributed by atoms with Crippen LogP contribution in [0, 0.1) is 5.41 Å². The zero-order valence-corrected chi connectivity index (χ0v) is 11.7. The van der Waals surface area contributed by atoms with Gasteiger partial charge in [-0.05, 0) is 11.8 Å². The summed E-state index contributed by atoms with van der Waals surface area (Å²) >= 11 is 0. The van der Waals surface area contributed by atoms with Gasteiger partial charge in [0.25, 0.3) is 0 Å². The van der Waals surface area contributed by atoms with Gasteiger partial charge in [-0.25, -0.2) is 9.97 Å². The molecular formula is C13H24N4O. The Labute approximate surface area is 109 Å². The highest BCUT2D eigenvalue weighted by molar-refractivity contribution is 5.47. The van der Waals surface area contributed by atoms with Crippen LogP contribution in [-0.4, -0.2) is 35.3 Å². The maximum atomic E-state index is 9.00. The molecule has 0 aliphatic heterocycles. The maximum absolute atomic E-state index is 9.00. The number of aromatic nitrogens is 2. The molecule has 0 saturated heterocycles. The molecule has 0 atom stereocenters. The van der Waals surface area contributed by atoms with Gasteiger partial charge in [0, 0.05) is 32.7 Å². The van der Waals surface area contributed by atoms with Crippen LogP contribution >= 0.6 is 0 Å². The van der Waals surface area contributed by atoms with Gasteiger partial charge in [-0.1, -0.05) is 20.8 Å². The fourth-order valence-electron chi connectivity index (χ4n) is 1.59. The van der Waals surface area contributed by atoms with Crippen LogP contribution in [0.3, 0.4) is 0 Å². The molecular weight excluding hydrogens is 228 g/mol. The number of hydrogen-bond acceptors (Lipinski definition) is 5. The fraction of sp³-hybridized carbons (Fsp3) is 0.692. The average molecular weight is 252 g/mol. The number of aliphatic hydroxyl groups excluding tert-OH is 1. The molecule has 1 aromatic heterocycles. The van der Waals surface area contributed by atoms with E-state index in [1.165, 1.54) is 0 Å². The smallest absolute Gasteiger partial charge is 0.132 e. The van der Waals surface area contributed by atoms with E-state index in [1.54, 1.807) is 0 Å². The van der Waals surface area contributed by atoms with Crippen molar-refractivity contribution in [2.24, 2.45) is 5.41 Å². The average Bonchev–Trinajstić information content (AvgIpc) is 2.36. The van der Waals surface area contributed by atoms with Crippen LogP contribution in [0.5, 0.6) is 0 Å². The molecule has 1 aromatic rings. The minimum absolute atomic E-state index is 0.0475. The predicted molar refractivity (Wildman–Crippen MR) is 74.9 cm³/mol. The first-order valence-corrected chi connectivity index (χ1v) is 6.41. The van der Waals surface area contributed by atoms with E-state index in [0.29, 0.717) is 0 Å². The minimum atomic E-state index is 0.0475. The van der Waals surface area contributed by atoms with Crippen molar-refractivity contribution in [3.8, 4) is 0 Å². The van der Waals surface area contributed by atoms with Gasteiger partial charge >= 0.3 is 0 Å². The van der Waals surface area contributed by atoms with Crippen LogP contribution in [0.4, 0.5) is 11.6 Å². The first kappa shape index (κ1) is 14.7. The maximum Gasteiger partial charge on any atom is 0.132 e. The molecule has 0 unspecified atom stereocenters. The molecule has 0 bridgehead atoms. The second-order valence-corrected chi connectivity index (χ2v) is 5.15. The van der Waals surface area contributed by atoms with Gasteiger partial charge in [-0.3, -0.25) is 0 Å².